The fourth-order valence-corrected chi connectivity index (χ4v) is 1.93. The first-order valence-corrected chi connectivity index (χ1v) is 7.35. The fourth-order valence-electron chi connectivity index (χ4n) is 1.93. The molecule has 5 nitrogen and oxygen atoms in total. The van der Waals surface area contributed by atoms with E-state index in [-0.39, 0.29) is 5.91 Å². The van der Waals surface area contributed by atoms with E-state index in [1.165, 1.54) is 12.8 Å². The molecule has 2 rings (SSSR count). The molecule has 110 valence electrons. The van der Waals surface area contributed by atoms with Gasteiger partial charge in [-0.15, -0.1) is 0 Å². The molecule has 0 spiro atoms. The Morgan fingerprint density at radius 3 is 3.10 bits per heavy atom. The summed E-state index contributed by atoms with van der Waals surface area (Å²) in [5, 5.41) is 6.06. The molecule has 0 atom stereocenters. The first-order valence-electron chi connectivity index (χ1n) is 7.35. The first-order chi connectivity index (χ1) is 9.81. The summed E-state index contributed by atoms with van der Waals surface area (Å²) in [6.45, 7) is 4.99. The van der Waals surface area contributed by atoms with Gasteiger partial charge in [-0.2, -0.15) is 0 Å². The van der Waals surface area contributed by atoms with Gasteiger partial charge in [-0.25, -0.2) is 0 Å². The van der Waals surface area contributed by atoms with Crippen molar-refractivity contribution >= 4 is 11.6 Å². The van der Waals surface area contributed by atoms with E-state index in [1.807, 2.05) is 13.0 Å². The Morgan fingerprint density at radius 2 is 2.35 bits per heavy atom. The zero-order valence-electron chi connectivity index (χ0n) is 12.0. The predicted molar refractivity (Wildman–Crippen MR) is 78.9 cm³/mol. The van der Waals surface area contributed by atoms with Crippen molar-refractivity contribution in [3.05, 3.63) is 24.0 Å². The van der Waals surface area contributed by atoms with Crippen molar-refractivity contribution in [3.8, 4) is 0 Å². The van der Waals surface area contributed by atoms with Crippen LogP contribution in [0.4, 0.5) is 5.69 Å². The van der Waals surface area contributed by atoms with Gasteiger partial charge in [0.1, 0.15) is 0 Å². The predicted octanol–water partition coefficient (Wildman–Crippen LogP) is 2.06. The van der Waals surface area contributed by atoms with Crippen molar-refractivity contribution in [3.63, 3.8) is 0 Å². The van der Waals surface area contributed by atoms with Gasteiger partial charge in [-0.05, 0) is 38.2 Å². The summed E-state index contributed by atoms with van der Waals surface area (Å²) in [5.74, 6) is 0.707. The van der Waals surface area contributed by atoms with E-state index in [4.69, 9.17) is 4.74 Å². The molecule has 20 heavy (non-hydrogen) atoms. The Labute approximate surface area is 120 Å². The van der Waals surface area contributed by atoms with Gasteiger partial charge < -0.3 is 15.4 Å². The minimum Gasteiger partial charge on any atom is -0.385 e. The molecule has 0 radical (unpaired) electrons. The Balaban J connectivity index is 1.67. The normalized spacial score (nSPS) is 14.1. The lowest BCUT2D eigenvalue weighted by molar-refractivity contribution is 0.0938. The number of nitrogens with one attached hydrogen (secondary N) is 2. The van der Waals surface area contributed by atoms with Gasteiger partial charge in [0.2, 0.25) is 0 Å². The van der Waals surface area contributed by atoms with E-state index in [9.17, 15) is 4.79 Å². The van der Waals surface area contributed by atoms with Gasteiger partial charge >= 0.3 is 0 Å². The third kappa shape index (κ3) is 4.81. The van der Waals surface area contributed by atoms with E-state index in [0.717, 1.165) is 31.2 Å². The fraction of sp³-hybridized carbons (Fsp3) is 0.600. The number of pyridine rings is 1. The molecule has 1 aliphatic rings. The van der Waals surface area contributed by atoms with Crippen LogP contribution >= 0.6 is 0 Å². The van der Waals surface area contributed by atoms with Gasteiger partial charge in [0.15, 0.2) is 0 Å². The van der Waals surface area contributed by atoms with Crippen LogP contribution in [0.15, 0.2) is 18.5 Å². The molecule has 0 saturated heterocycles. The molecule has 1 amide bonds. The smallest absolute Gasteiger partial charge is 0.254 e. The average molecular weight is 277 g/mol. The zero-order valence-corrected chi connectivity index (χ0v) is 12.0. The number of aromatic nitrogens is 1. The number of anilines is 1. The van der Waals surface area contributed by atoms with Crippen LogP contribution in [-0.2, 0) is 4.74 Å². The second-order valence-electron chi connectivity index (χ2n) is 5.08. The van der Waals surface area contributed by atoms with Gasteiger partial charge in [0, 0.05) is 38.7 Å². The SMILES string of the molecule is CCNc1ccncc1C(=O)NCCCOCC1CC1. The molecule has 0 bridgehead atoms. The molecule has 1 aliphatic carbocycles. The number of rotatable bonds is 9. The largest absolute Gasteiger partial charge is 0.385 e. The van der Waals surface area contributed by atoms with Crippen molar-refractivity contribution in [1.29, 1.82) is 0 Å². The second kappa shape index (κ2) is 7.85. The number of carbonyl (C=O) groups is 1. The third-order valence-corrected chi connectivity index (χ3v) is 3.23. The highest BCUT2D eigenvalue weighted by molar-refractivity contribution is 5.99. The molecule has 0 unspecified atom stereocenters. The highest BCUT2D eigenvalue weighted by Gasteiger charge is 2.20. The third-order valence-electron chi connectivity index (χ3n) is 3.23. The van der Waals surface area contributed by atoms with E-state index in [1.54, 1.807) is 12.4 Å². The minimum atomic E-state index is -0.0868. The molecule has 1 fully saturated rings. The number of carbonyl (C=O) groups excluding carboxylic acids is 1. The van der Waals surface area contributed by atoms with Gasteiger partial charge in [0.05, 0.1) is 11.3 Å². The van der Waals surface area contributed by atoms with Crippen LogP contribution in [0.5, 0.6) is 0 Å². The van der Waals surface area contributed by atoms with Gasteiger partial charge in [-0.3, -0.25) is 9.78 Å². The van der Waals surface area contributed by atoms with E-state index in [2.05, 4.69) is 15.6 Å². The Kier molecular flexibility index (Phi) is 5.80. The molecular weight excluding hydrogens is 254 g/mol. The average Bonchev–Trinajstić information content (AvgIpc) is 3.27. The molecule has 1 heterocycles. The van der Waals surface area contributed by atoms with E-state index < -0.39 is 0 Å². The number of ether oxygens (including phenoxy) is 1. The minimum absolute atomic E-state index is 0.0868. The summed E-state index contributed by atoms with van der Waals surface area (Å²) in [5.41, 5.74) is 1.42. The van der Waals surface area contributed by atoms with Crippen molar-refractivity contribution in [2.24, 2.45) is 5.92 Å². The monoisotopic (exact) mass is 277 g/mol. The second-order valence-corrected chi connectivity index (χ2v) is 5.08. The first kappa shape index (κ1) is 14.8. The van der Waals surface area contributed by atoms with Gasteiger partial charge in [-0.1, -0.05) is 0 Å². The summed E-state index contributed by atoms with van der Waals surface area (Å²) in [6, 6.07) is 1.82. The van der Waals surface area contributed by atoms with Crippen molar-refractivity contribution in [2.75, 3.05) is 31.6 Å². The molecule has 1 aromatic rings. The Hall–Kier alpha value is -1.62. The lowest BCUT2D eigenvalue weighted by atomic mass is 10.2. The molecule has 0 aliphatic heterocycles. The van der Waals surface area contributed by atoms with Crippen molar-refractivity contribution < 1.29 is 9.53 Å². The highest BCUT2D eigenvalue weighted by atomic mass is 16.5. The van der Waals surface area contributed by atoms with Crippen LogP contribution < -0.4 is 10.6 Å². The highest BCUT2D eigenvalue weighted by Crippen LogP contribution is 2.28. The maximum absolute atomic E-state index is 12.1. The van der Waals surface area contributed by atoms with Crippen molar-refractivity contribution in [1.82, 2.24) is 10.3 Å². The molecule has 2 N–H and O–H groups in total. The summed E-state index contributed by atoms with van der Waals surface area (Å²) >= 11 is 0. The number of hydrogen-bond acceptors (Lipinski definition) is 4. The summed E-state index contributed by atoms with van der Waals surface area (Å²) < 4.78 is 5.53. The quantitative estimate of drug-likeness (QED) is 0.678. The maximum Gasteiger partial charge on any atom is 0.254 e. The lowest BCUT2D eigenvalue weighted by Crippen LogP contribution is -2.26. The van der Waals surface area contributed by atoms with Crippen LogP contribution in [0.3, 0.4) is 0 Å². The van der Waals surface area contributed by atoms with Crippen molar-refractivity contribution in [2.45, 2.75) is 26.2 Å². The summed E-state index contributed by atoms with van der Waals surface area (Å²) in [4.78, 5) is 16.1. The number of hydrogen-bond donors (Lipinski definition) is 2. The molecule has 5 heteroatoms. The van der Waals surface area contributed by atoms with E-state index >= 15 is 0 Å². The van der Waals surface area contributed by atoms with Crippen LogP contribution in [0.2, 0.25) is 0 Å². The zero-order chi connectivity index (χ0) is 14.2. The topological polar surface area (TPSA) is 63.2 Å². The molecule has 1 aromatic heterocycles. The maximum atomic E-state index is 12.1. The van der Waals surface area contributed by atoms with Crippen LogP contribution in [0, 0.1) is 5.92 Å². The Bertz CT molecular complexity index is 433. The molecular formula is C15H23N3O2. The Morgan fingerprint density at radius 1 is 1.50 bits per heavy atom. The summed E-state index contributed by atoms with van der Waals surface area (Å²) in [6.07, 6.45) is 6.74. The molecule has 1 saturated carbocycles. The molecule has 0 aromatic carbocycles. The summed E-state index contributed by atoms with van der Waals surface area (Å²) in [7, 11) is 0. The van der Waals surface area contributed by atoms with E-state index in [0.29, 0.717) is 18.7 Å². The lowest BCUT2D eigenvalue weighted by Gasteiger charge is -2.10. The van der Waals surface area contributed by atoms with Crippen LogP contribution in [-0.4, -0.2) is 37.2 Å². The number of amides is 1. The number of nitrogens with zero attached hydrogens (tertiary/aromatic N) is 1. The van der Waals surface area contributed by atoms with Crippen LogP contribution in [0.1, 0.15) is 36.5 Å². The van der Waals surface area contributed by atoms with Gasteiger partial charge in [0.25, 0.3) is 5.91 Å². The standard InChI is InChI=1S/C15H23N3O2/c1-2-17-14-6-8-16-10-13(14)15(19)18-7-3-9-20-11-12-4-5-12/h6,8,10,12H,2-5,7,9,11H2,1H3,(H,16,17)(H,18,19). The van der Waals surface area contributed by atoms with Crippen LogP contribution in [0.25, 0.3) is 0 Å².